The Morgan fingerprint density at radius 3 is 2.75 bits per heavy atom. The van der Waals surface area contributed by atoms with Crippen LogP contribution in [0.2, 0.25) is 0 Å². The summed E-state index contributed by atoms with van der Waals surface area (Å²) in [6, 6.07) is 9.32. The number of hydrogen-bond donors (Lipinski definition) is 1. The number of nitrogens with zero attached hydrogens (tertiary/aromatic N) is 2. The van der Waals surface area contributed by atoms with Gasteiger partial charge >= 0.3 is 0 Å². The minimum absolute atomic E-state index is 0.429. The molecular weight excluding hydrogens is 258 g/mol. The average molecular weight is 271 g/mol. The van der Waals surface area contributed by atoms with Gasteiger partial charge in [-0.15, -0.1) is 0 Å². The molecule has 0 radical (unpaired) electrons. The minimum Gasteiger partial charge on any atom is -0.497 e. The molecule has 2 aromatic rings. The molecule has 1 aromatic carbocycles. The molecule has 102 valence electrons. The molecule has 1 N–H and O–H groups in total. The first kappa shape index (κ1) is 12.4. The SMILES string of the molecule is COc1ccc(-c2nccc(NC3=CCOO3)n2)cc1. The van der Waals surface area contributed by atoms with Crippen LogP contribution in [0.4, 0.5) is 5.82 Å². The number of ether oxygens (including phenoxy) is 1. The number of rotatable bonds is 4. The Kier molecular flexibility index (Phi) is 3.47. The van der Waals surface area contributed by atoms with Gasteiger partial charge in [0.05, 0.1) is 7.11 Å². The van der Waals surface area contributed by atoms with Gasteiger partial charge in [-0.05, 0) is 30.3 Å². The molecule has 0 amide bonds. The van der Waals surface area contributed by atoms with Crippen LogP contribution in [0.1, 0.15) is 0 Å². The van der Waals surface area contributed by atoms with E-state index in [1.165, 1.54) is 0 Å². The van der Waals surface area contributed by atoms with Gasteiger partial charge in [-0.3, -0.25) is 0 Å². The Hall–Kier alpha value is -2.60. The van der Waals surface area contributed by atoms with Crippen molar-refractivity contribution in [3.05, 3.63) is 48.5 Å². The molecular formula is C14H13N3O3. The second-order valence-electron chi connectivity index (χ2n) is 4.06. The Morgan fingerprint density at radius 2 is 2.05 bits per heavy atom. The third-order valence-electron chi connectivity index (χ3n) is 2.74. The summed E-state index contributed by atoms with van der Waals surface area (Å²) in [4.78, 5) is 18.3. The Bertz CT molecular complexity index is 626. The van der Waals surface area contributed by atoms with Crippen molar-refractivity contribution in [3.63, 3.8) is 0 Å². The van der Waals surface area contributed by atoms with Gasteiger partial charge in [0.25, 0.3) is 0 Å². The quantitative estimate of drug-likeness (QED) is 0.861. The molecule has 0 saturated carbocycles. The molecule has 0 atom stereocenters. The zero-order chi connectivity index (χ0) is 13.8. The van der Waals surface area contributed by atoms with Crippen LogP contribution < -0.4 is 10.1 Å². The zero-order valence-corrected chi connectivity index (χ0v) is 10.9. The third-order valence-corrected chi connectivity index (χ3v) is 2.74. The number of nitrogens with one attached hydrogen (secondary N) is 1. The number of aromatic nitrogens is 2. The average Bonchev–Trinajstić information content (AvgIpc) is 3.01. The maximum Gasteiger partial charge on any atom is 0.234 e. The highest BCUT2D eigenvalue weighted by Gasteiger charge is 2.09. The molecule has 2 heterocycles. The maximum absolute atomic E-state index is 5.13. The van der Waals surface area contributed by atoms with E-state index in [1.807, 2.05) is 24.3 Å². The molecule has 6 heteroatoms. The van der Waals surface area contributed by atoms with Gasteiger partial charge in [-0.25, -0.2) is 9.97 Å². The van der Waals surface area contributed by atoms with Gasteiger partial charge < -0.3 is 14.9 Å². The molecule has 1 aliphatic rings. The van der Waals surface area contributed by atoms with Crippen molar-refractivity contribution in [3.8, 4) is 17.1 Å². The van der Waals surface area contributed by atoms with E-state index >= 15 is 0 Å². The van der Waals surface area contributed by atoms with E-state index in [2.05, 4.69) is 15.3 Å². The number of hydrogen-bond acceptors (Lipinski definition) is 6. The van der Waals surface area contributed by atoms with Crippen molar-refractivity contribution in [1.82, 2.24) is 9.97 Å². The van der Waals surface area contributed by atoms with Gasteiger partial charge in [0.15, 0.2) is 5.82 Å². The second-order valence-corrected chi connectivity index (χ2v) is 4.06. The highest BCUT2D eigenvalue weighted by Crippen LogP contribution is 2.20. The highest BCUT2D eigenvalue weighted by molar-refractivity contribution is 5.58. The number of methoxy groups -OCH3 is 1. The highest BCUT2D eigenvalue weighted by atomic mass is 17.2. The Morgan fingerprint density at radius 1 is 1.20 bits per heavy atom. The summed E-state index contributed by atoms with van der Waals surface area (Å²) < 4.78 is 5.13. The van der Waals surface area contributed by atoms with Crippen LogP contribution in [0.15, 0.2) is 48.5 Å². The molecule has 6 nitrogen and oxygen atoms in total. The lowest BCUT2D eigenvalue weighted by molar-refractivity contribution is -0.232. The van der Waals surface area contributed by atoms with Crippen molar-refractivity contribution in [2.24, 2.45) is 0 Å². The fourth-order valence-electron chi connectivity index (χ4n) is 1.75. The van der Waals surface area contributed by atoms with Gasteiger partial charge in [0, 0.05) is 17.8 Å². The van der Waals surface area contributed by atoms with Crippen LogP contribution in [-0.2, 0) is 9.78 Å². The summed E-state index contributed by atoms with van der Waals surface area (Å²) in [5, 5.41) is 3.01. The van der Waals surface area contributed by atoms with Crippen LogP contribution in [-0.4, -0.2) is 23.7 Å². The summed E-state index contributed by atoms with van der Waals surface area (Å²) in [5.74, 6) is 2.59. The van der Waals surface area contributed by atoms with Gasteiger partial charge in [-0.2, -0.15) is 4.89 Å². The first-order valence-electron chi connectivity index (χ1n) is 6.09. The normalized spacial score (nSPS) is 13.6. The van der Waals surface area contributed by atoms with E-state index in [4.69, 9.17) is 14.5 Å². The zero-order valence-electron chi connectivity index (χ0n) is 10.9. The number of anilines is 1. The van der Waals surface area contributed by atoms with E-state index in [9.17, 15) is 0 Å². The van der Waals surface area contributed by atoms with E-state index in [1.54, 1.807) is 25.4 Å². The molecule has 0 unspecified atom stereocenters. The lowest BCUT2D eigenvalue weighted by atomic mass is 10.2. The lowest BCUT2D eigenvalue weighted by Gasteiger charge is -2.07. The van der Waals surface area contributed by atoms with Crippen molar-refractivity contribution < 1.29 is 14.5 Å². The fourth-order valence-corrected chi connectivity index (χ4v) is 1.75. The van der Waals surface area contributed by atoms with Gasteiger partial charge in [-0.1, -0.05) is 0 Å². The fraction of sp³-hybridized carbons (Fsp3) is 0.143. The molecule has 0 fully saturated rings. The summed E-state index contributed by atoms with van der Waals surface area (Å²) in [6.45, 7) is 0.429. The first-order valence-corrected chi connectivity index (χ1v) is 6.09. The topological polar surface area (TPSA) is 65.5 Å². The summed E-state index contributed by atoms with van der Waals surface area (Å²) in [6.07, 6.45) is 3.47. The van der Waals surface area contributed by atoms with Crippen molar-refractivity contribution in [1.29, 1.82) is 0 Å². The molecule has 0 spiro atoms. The molecule has 1 aliphatic heterocycles. The maximum atomic E-state index is 5.13. The molecule has 20 heavy (non-hydrogen) atoms. The first-order chi connectivity index (χ1) is 9.85. The van der Waals surface area contributed by atoms with Crippen molar-refractivity contribution >= 4 is 5.82 Å². The lowest BCUT2D eigenvalue weighted by Crippen LogP contribution is -2.02. The van der Waals surface area contributed by atoms with Crippen molar-refractivity contribution in [2.75, 3.05) is 19.0 Å². The van der Waals surface area contributed by atoms with Crippen molar-refractivity contribution in [2.45, 2.75) is 0 Å². The smallest absolute Gasteiger partial charge is 0.234 e. The van der Waals surface area contributed by atoms with E-state index in [0.29, 0.717) is 24.1 Å². The predicted octanol–water partition coefficient (Wildman–Crippen LogP) is 2.37. The Balaban J connectivity index is 1.82. The molecule has 0 aliphatic carbocycles. The largest absolute Gasteiger partial charge is 0.497 e. The molecule has 0 saturated heterocycles. The minimum atomic E-state index is 0.429. The number of benzene rings is 1. The third kappa shape index (κ3) is 2.70. The van der Waals surface area contributed by atoms with E-state index in [-0.39, 0.29) is 0 Å². The summed E-state index contributed by atoms with van der Waals surface area (Å²) in [5.41, 5.74) is 0.909. The second kappa shape index (κ2) is 5.58. The van der Waals surface area contributed by atoms with Crippen LogP contribution in [0.3, 0.4) is 0 Å². The summed E-state index contributed by atoms with van der Waals surface area (Å²) >= 11 is 0. The monoisotopic (exact) mass is 271 g/mol. The van der Waals surface area contributed by atoms with Gasteiger partial charge in [0.1, 0.15) is 18.2 Å². The molecule has 1 aromatic heterocycles. The van der Waals surface area contributed by atoms with E-state index in [0.717, 1.165) is 11.3 Å². The van der Waals surface area contributed by atoms with E-state index < -0.39 is 0 Å². The van der Waals surface area contributed by atoms with Crippen LogP contribution in [0, 0.1) is 0 Å². The Labute approximate surface area is 116 Å². The van der Waals surface area contributed by atoms with Gasteiger partial charge in [0.2, 0.25) is 5.88 Å². The van der Waals surface area contributed by atoms with Crippen LogP contribution in [0.25, 0.3) is 11.4 Å². The van der Waals surface area contributed by atoms with Crippen LogP contribution in [0.5, 0.6) is 5.75 Å². The summed E-state index contributed by atoms with van der Waals surface area (Å²) in [7, 11) is 1.63. The predicted molar refractivity (Wildman–Crippen MR) is 72.8 cm³/mol. The molecule has 3 rings (SSSR count). The standard InChI is InChI=1S/C14H13N3O3/c1-18-11-4-2-10(3-5-11)14-15-8-6-12(17-14)16-13-7-9-19-20-13/h2-8H,9H2,1H3,(H,15,16,17). The molecule has 0 bridgehead atoms. The van der Waals surface area contributed by atoms with Crippen LogP contribution >= 0.6 is 0 Å².